The molecule has 0 unspecified atom stereocenters. The number of carboxylic acid groups (broad SMARTS) is 1. The molecule has 6 heteroatoms. The van der Waals surface area contributed by atoms with Crippen molar-refractivity contribution in [3.8, 4) is 0 Å². The molecule has 2 amide bonds. The molecule has 0 bridgehead atoms. The van der Waals surface area contributed by atoms with Crippen molar-refractivity contribution in [3.63, 3.8) is 0 Å². The fourth-order valence-electron chi connectivity index (χ4n) is 1.61. The lowest BCUT2D eigenvalue weighted by Crippen LogP contribution is -2.42. The smallest absolute Gasteiger partial charge is 0.317 e. The van der Waals surface area contributed by atoms with Gasteiger partial charge in [-0.15, -0.1) is 0 Å². The summed E-state index contributed by atoms with van der Waals surface area (Å²) >= 11 is 1.88. The van der Waals surface area contributed by atoms with Gasteiger partial charge >= 0.3 is 12.0 Å². The van der Waals surface area contributed by atoms with Gasteiger partial charge in [0, 0.05) is 30.1 Å². The molecule has 2 N–H and O–H groups in total. The highest BCUT2D eigenvalue weighted by molar-refractivity contribution is 8.00. The topological polar surface area (TPSA) is 69.6 Å². The van der Waals surface area contributed by atoms with Crippen LogP contribution < -0.4 is 5.32 Å². The molecule has 0 atom stereocenters. The van der Waals surface area contributed by atoms with Crippen molar-refractivity contribution in [3.05, 3.63) is 0 Å². The maximum atomic E-state index is 11.8. The third-order valence-corrected chi connectivity index (χ3v) is 4.11. The van der Waals surface area contributed by atoms with E-state index in [0.717, 1.165) is 25.3 Å². The van der Waals surface area contributed by atoms with Crippen LogP contribution in [0.15, 0.2) is 0 Å². The predicted molar refractivity (Wildman–Crippen MR) is 68.4 cm³/mol. The standard InChI is InChI=1S/C11H20N2O3S/c1-11(2)4-6-13(7-8-17-11)10(16)12-5-3-9(14)15/h3-8H2,1-2H3,(H,12,16)(H,14,15). The second kappa shape index (κ2) is 6.14. The van der Waals surface area contributed by atoms with Gasteiger partial charge in [0.05, 0.1) is 6.42 Å². The third kappa shape index (κ3) is 5.30. The minimum absolute atomic E-state index is 0.0280. The van der Waals surface area contributed by atoms with Crippen molar-refractivity contribution in [2.75, 3.05) is 25.4 Å². The number of thioether (sulfide) groups is 1. The Morgan fingerprint density at radius 2 is 2.12 bits per heavy atom. The molecule has 1 aliphatic heterocycles. The van der Waals surface area contributed by atoms with Crippen molar-refractivity contribution >= 4 is 23.8 Å². The number of aliphatic carboxylic acids is 1. The van der Waals surface area contributed by atoms with Crippen LogP contribution in [-0.2, 0) is 4.79 Å². The number of carbonyl (C=O) groups is 2. The van der Waals surface area contributed by atoms with Gasteiger partial charge in [-0.3, -0.25) is 4.79 Å². The molecule has 0 aliphatic carbocycles. The first-order chi connectivity index (χ1) is 7.91. The predicted octanol–water partition coefficient (Wildman–Crippen LogP) is 1.39. The average Bonchev–Trinajstić information content (AvgIpc) is 2.38. The van der Waals surface area contributed by atoms with Gasteiger partial charge in [0.1, 0.15) is 0 Å². The van der Waals surface area contributed by atoms with Crippen LogP contribution in [0.1, 0.15) is 26.7 Å². The summed E-state index contributed by atoms with van der Waals surface area (Å²) in [6.07, 6.45) is 0.934. The fraction of sp³-hybridized carbons (Fsp3) is 0.818. The van der Waals surface area contributed by atoms with E-state index in [0.29, 0.717) is 0 Å². The zero-order valence-electron chi connectivity index (χ0n) is 10.4. The van der Waals surface area contributed by atoms with E-state index in [1.165, 1.54) is 0 Å². The number of amides is 2. The summed E-state index contributed by atoms with van der Waals surface area (Å²) in [6.45, 7) is 6.03. The minimum Gasteiger partial charge on any atom is -0.481 e. The summed E-state index contributed by atoms with van der Waals surface area (Å²) < 4.78 is 0.218. The quantitative estimate of drug-likeness (QED) is 0.804. The van der Waals surface area contributed by atoms with Crippen LogP contribution in [0.25, 0.3) is 0 Å². The normalized spacial score (nSPS) is 19.5. The van der Waals surface area contributed by atoms with E-state index in [4.69, 9.17) is 5.11 Å². The summed E-state index contributed by atoms with van der Waals surface area (Å²) in [4.78, 5) is 23.9. The lowest BCUT2D eigenvalue weighted by atomic mass is 10.1. The molecule has 1 rings (SSSR count). The summed E-state index contributed by atoms with van der Waals surface area (Å²) in [5.74, 6) is 0.0390. The van der Waals surface area contributed by atoms with Gasteiger partial charge in [-0.25, -0.2) is 4.79 Å². The number of hydrogen-bond acceptors (Lipinski definition) is 3. The summed E-state index contributed by atoms with van der Waals surface area (Å²) in [6, 6.07) is -0.149. The van der Waals surface area contributed by atoms with E-state index >= 15 is 0 Å². The molecule has 1 aliphatic rings. The Kier molecular flexibility index (Phi) is 5.11. The Morgan fingerprint density at radius 3 is 2.76 bits per heavy atom. The fourth-order valence-corrected chi connectivity index (χ4v) is 2.71. The number of carboxylic acids is 1. The molecule has 17 heavy (non-hydrogen) atoms. The van der Waals surface area contributed by atoms with Gasteiger partial charge < -0.3 is 15.3 Å². The second-order valence-corrected chi connectivity index (χ2v) is 6.52. The number of rotatable bonds is 3. The highest BCUT2D eigenvalue weighted by Gasteiger charge is 2.25. The Morgan fingerprint density at radius 1 is 1.41 bits per heavy atom. The van der Waals surface area contributed by atoms with Crippen LogP contribution in [0.4, 0.5) is 4.79 Å². The average molecular weight is 260 g/mol. The van der Waals surface area contributed by atoms with E-state index in [9.17, 15) is 9.59 Å². The van der Waals surface area contributed by atoms with E-state index in [1.807, 2.05) is 11.8 Å². The SMILES string of the molecule is CC1(C)CCN(C(=O)NCCC(=O)O)CCS1. The van der Waals surface area contributed by atoms with Crippen LogP contribution in [0.2, 0.25) is 0 Å². The molecular weight excluding hydrogens is 240 g/mol. The van der Waals surface area contributed by atoms with Gasteiger partial charge in [0.15, 0.2) is 0 Å². The highest BCUT2D eigenvalue weighted by Crippen LogP contribution is 2.30. The maximum Gasteiger partial charge on any atom is 0.317 e. The van der Waals surface area contributed by atoms with Gasteiger partial charge in [0.25, 0.3) is 0 Å². The third-order valence-electron chi connectivity index (χ3n) is 2.74. The summed E-state index contributed by atoms with van der Waals surface area (Å²) in [5.41, 5.74) is 0. The first kappa shape index (κ1) is 14.2. The Labute approximate surface area is 106 Å². The molecule has 5 nitrogen and oxygen atoms in total. The van der Waals surface area contributed by atoms with Crippen LogP contribution in [0.3, 0.4) is 0 Å². The first-order valence-electron chi connectivity index (χ1n) is 5.79. The molecule has 1 heterocycles. The lowest BCUT2D eigenvalue weighted by Gasteiger charge is -2.22. The van der Waals surface area contributed by atoms with Crippen molar-refractivity contribution in [1.29, 1.82) is 0 Å². The van der Waals surface area contributed by atoms with E-state index in [-0.39, 0.29) is 23.7 Å². The molecular formula is C11H20N2O3S. The van der Waals surface area contributed by atoms with Gasteiger partial charge in [-0.05, 0) is 6.42 Å². The first-order valence-corrected chi connectivity index (χ1v) is 6.78. The van der Waals surface area contributed by atoms with Gasteiger partial charge in [-0.2, -0.15) is 11.8 Å². The Balaban J connectivity index is 2.34. The maximum absolute atomic E-state index is 11.8. The van der Waals surface area contributed by atoms with Gasteiger partial charge in [0.2, 0.25) is 0 Å². The zero-order valence-corrected chi connectivity index (χ0v) is 11.2. The number of carbonyl (C=O) groups excluding carboxylic acids is 1. The van der Waals surface area contributed by atoms with Crippen LogP contribution >= 0.6 is 11.8 Å². The zero-order chi connectivity index (χ0) is 12.9. The lowest BCUT2D eigenvalue weighted by molar-refractivity contribution is -0.136. The second-order valence-electron chi connectivity index (χ2n) is 4.72. The molecule has 1 saturated heterocycles. The molecule has 1 fully saturated rings. The number of hydrogen-bond donors (Lipinski definition) is 2. The highest BCUT2D eigenvalue weighted by atomic mass is 32.2. The number of nitrogens with zero attached hydrogens (tertiary/aromatic N) is 1. The van der Waals surface area contributed by atoms with Crippen molar-refractivity contribution < 1.29 is 14.7 Å². The minimum atomic E-state index is -0.891. The van der Waals surface area contributed by atoms with Crippen LogP contribution in [0.5, 0.6) is 0 Å². The molecule has 0 spiro atoms. The molecule has 0 aromatic heterocycles. The van der Waals surface area contributed by atoms with Crippen molar-refractivity contribution in [2.45, 2.75) is 31.4 Å². The van der Waals surface area contributed by atoms with E-state index < -0.39 is 5.97 Å². The van der Waals surface area contributed by atoms with Crippen LogP contribution in [-0.4, -0.2) is 52.1 Å². The molecule has 0 saturated carbocycles. The van der Waals surface area contributed by atoms with Gasteiger partial charge in [-0.1, -0.05) is 13.8 Å². The van der Waals surface area contributed by atoms with E-state index in [2.05, 4.69) is 19.2 Å². The Bertz CT molecular complexity index is 294. The van der Waals surface area contributed by atoms with Crippen LogP contribution in [0, 0.1) is 0 Å². The Hall–Kier alpha value is -0.910. The molecule has 0 aromatic carbocycles. The summed E-state index contributed by atoms with van der Waals surface area (Å²) in [5, 5.41) is 11.1. The van der Waals surface area contributed by atoms with Crippen molar-refractivity contribution in [2.24, 2.45) is 0 Å². The summed E-state index contributed by atoms with van der Waals surface area (Å²) in [7, 11) is 0. The number of urea groups is 1. The largest absolute Gasteiger partial charge is 0.481 e. The molecule has 0 radical (unpaired) electrons. The van der Waals surface area contributed by atoms with Crippen molar-refractivity contribution in [1.82, 2.24) is 10.2 Å². The molecule has 98 valence electrons. The number of nitrogens with one attached hydrogen (secondary N) is 1. The monoisotopic (exact) mass is 260 g/mol. The van der Waals surface area contributed by atoms with E-state index in [1.54, 1.807) is 4.90 Å². The molecule has 0 aromatic rings.